The molecular formula is C12H18BrNO2S. The highest BCUT2D eigenvalue weighted by Gasteiger charge is 2.26. The summed E-state index contributed by atoms with van der Waals surface area (Å²) in [4.78, 5) is 0.368. The summed E-state index contributed by atoms with van der Waals surface area (Å²) < 4.78 is 26.4. The number of hydrogen-bond donors (Lipinski definition) is 0. The zero-order valence-electron chi connectivity index (χ0n) is 10.4. The van der Waals surface area contributed by atoms with Crippen LogP contribution in [-0.2, 0) is 10.0 Å². The van der Waals surface area contributed by atoms with Gasteiger partial charge in [0.05, 0.1) is 4.90 Å². The molecule has 5 heteroatoms. The van der Waals surface area contributed by atoms with Crippen LogP contribution in [0.2, 0.25) is 0 Å². The third-order valence-corrected chi connectivity index (χ3v) is 4.90. The summed E-state index contributed by atoms with van der Waals surface area (Å²) in [6.45, 7) is 6.14. The molecule has 0 atom stereocenters. The maximum absolute atomic E-state index is 12.4. The summed E-state index contributed by atoms with van der Waals surface area (Å²) in [7, 11) is -3.38. The van der Waals surface area contributed by atoms with Crippen LogP contribution in [0.1, 0.15) is 19.4 Å². The molecule has 0 heterocycles. The minimum Gasteiger partial charge on any atom is -0.207 e. The van der Waals surface area contributed by atoms with Crippen molar-refractivity contribution < 1.29 is 8.42 Å². The second-order valence-corrected chi connectivity index (χ2v) is 6.90. The second kappa shape index (κ2) is 5.98. The van der Waals surface area contributed by atoms with Crippen molar-refractivity contribution in [3.63, 3.8) is 0 Å². The molecule has 0 radical (unpaired) electrons. The van der Waals surface area contributed by atoms with Gasteiger partial charge in [-0.15, -0.1) is 0 Å². The van der Waals surface area contributed by atoms with Gasteiger partial charge in [-0.1, -0.05) is 28.1 Å². The second-order valence-electron chi connectivity index (χ2n) is 4.21. The fraction of sp³-hybridized carbons (Fsp3) is 0.500. The summed E-state index contributed by atoms with van der Waals surface area (Å²) in [5.41, 5.74) is 0.952. The summed E-state index contributed by atoms with van der Waals surface area (Å²) in [5, 5.41) is 0.635. The summed E-state index contributed by atoms with van der Waals surface area (Å²) in [5.74, 6) is 0. The van der Waals surface area contributed by atoms with Crippen LogP contribution in [0.25, 0.3) is 0 Å². The molecule has 0 aromatic heterocycles. The van der Waals surface area contributed by atoms with Gasteiger partial charge in [0.1, 0.15) is 0 Å². The van der Waals surface area contributed by atoms with Gasteiger partial charge in [0, 0.05) is 17.9 Å². The van der Waals surface area contributed by atoms with Gasteiger partial charge in [0.15, 0.2) is 0 Å². The lowest BCUT2D eigenvalue weighted by Crippen LogP contribution is -2.38. The summed E-state index contributed by atoms with van der Waals surface area (Å²) in [6, 6.07) is 6.97. The molecule has 0 aliphatic carbocycles. The normalized spacial score (nSPS) is 12.4. The first-order valence-electron chi connectivity index (χ1n) is 5.54. The van der Waals surface area contributed by atoms with Crippen molar-refractivity contribution in [2.45, 2.75) is 31.7 Å². The van der Waals surface area contributed by atoms with E-state index in [1.165, 1.54) is 4.31 Å². The summed E-state index contributed by atoms with van der Waals surface area (Å²) in [6.07, 6.45) is 0. The maximum Gasteiger partial charge on any atom is 0.243 e. The van der Waals surface area contributed by atoms with Gasteiger partial charge in [-0.25, -0.2) is 8.42 Å². The first-order valence-corrected chi connectivity index (χ1v) is 8.10. The molecule has 1 rings (SSSR count). The van der Waals surface area contributed by atoms with E-state index < -0.39 is 10.0 Å². The van der Waals surface area contributed by atoms with E-state index in [2.05, 4.69) is 15.9 Å². The number of aryl methyl sites for hydroxylation is 1. The Kier molecular flexibility index (Phi) is 5.16. The molecule has 1 aromatic rings. The van der Waals surface area contributed by atoms with E-state index in [9.17, 15) is 8.42 Å². The van der Waals surface area contributed by atoms with Crippen LogP contribution < -0.4 is 0 Å². The predicted octanol–water partition coefficient (Wildman–Crippen LogP) is 2.79. The van der Waals surface area contributed by atoms with E-state index in [-0.39, 0.29) is 6.04 Å². The quantitative estimate of drug-likeness (QED) is 0.783. The fourth-order valence-electron chi connectivity index (χ4n) is 1.65. The van der Waals surface area contributed by atoms with Crippen molar-refractivity contribution >= 4 is 26.0 Å². The molecule has 0 unspecified atom stereocenters. The number of benzene rings is 1. The van der Waals surface area contributed by atoms with Gasteiger partial charge >= 0.3 is 0 Å². The molecule has 0 spiro atoms. The van der Waals surface area contributed by atoms with Crippen molar-refractivity contribution in [3.05, 3.63) is 29.8 Å². The maximum atomic E-state index is 12.4. The van der Waals surface area contributed by atoms with E-state index in [4.69, 9.17) is 0 Å². The van der Waals surface area contributed by atoms with Crippen LogP contribution in [0.4, 0.5) is 0 Å². The van der Waals surface area contributed by atoms with Gasteiger partial charge in [-0.2, -0.15) is 4.31 Å². The Labute approximate surface area is 112 Å². The number of halogens is 1. The molecule has 96 valence electrons. The number of nitrogens with zero attached hydrogens (tertiary/aromatic N) is 1. The predicted molar refractivity (Wildman–Crippen MR) is 74.0 cm³/mol. The first kappa shape index (κ1) is 14.7. The monoisotopic (exact) mass is 319 g/mol. The fourth-order valence-corrected chi connectivity index (χ4v) is 4.01. The molecule has 0 amide bonds. The Balaban J connectivity index is 3.16. The van der Waals surface area contributed by atoms with Gasteiger partial charge in [-0.3, -0.25) is 0 Å². The minimum absolute atomic E-state index is 0.0435. The van der Waals surface area contributed by atoms with E-state index in [1.807, 2.05) is 26.8 Å². The molecule has 17 heavy (non-hydrogen) atoms. The first-order chi connectivity index (χ1) is 7.89. The van der Waals surface area contributed by atoms with E-state index in [0.717, 1.165) is 5.56 Å². The number of hydrogen-bond acceptors (Lipinski definition) is 2. The van der Waals surface area contributed by atoms with Gasteiger partial charge < -0.3 is 0 Å². The lowest BCUT2D eigenvalue weighted by Gasteiger charge is -2.25. The Hall–Kier alpha value is -0.390. The highest BCUT2D eigenvalue weighted by atomic mass is 79.9. The number of sulfonamides is 1. The van der Waals surface area contributed by atoms with E-state index in [1.54, 1.807) is 18.2 Å². The van der Waals surface area contributed by atoms with Gasteiger partial charge in [0.25, 0.3) is 0 Å². The molecule has 0 saturated heterocycles. The van der Waals surface area contributed by atoms with E-state index >= 15 is 0 Å². The lowest BCUT2D eigenvalue weighted by molar-refractivity contribution is 0.372. The largest absolute Gasteiger partial charge is 0.243 e. The van der Waals surface area contributed by atoms with Crippen LogP contribution in [-0.4, -0.2) is 30.6 Å². The van der Waals surface area contributed by atoms with Crippen LogP contribution in [0, 0.1) is 6.92 Å². The molecule has 0 bridgehead atoms. The zero-order valence-corrected chi connectivity index (χ0v) is 12.8. The molecule has 0 aliphatic heterocycles. The average Bonchev–Trinajstić information content (AvgIpc) is 2.25. The Morgan fingerprint density at radius 2 is 2.00 bits per heavy atom. The number of alkyl halides is 1. The SMILES string of the molecule is Cc1cccc(S(=O)(=O)N(CCBr)C(C)C)c1. The van der Waals surface area contributed by atoms with Crippen molar-refractivity contribution in [2.24, 2.45) is 0 Å². The lowest BCUT2D eigenvalue weighted by atomic mass is 10.2. The standard InChI is InChI=1S/C12H18BrNO2S/c1-10(2)14(8-7-13)17(15,16)12-6-4-5-11(3)9-12/h4-6,9-10H,7-8H2,1-3H3. The van der Waals surface area contributed by atoms with Gasteiger partial charge in [0.2, 0.25) is 10.0 Å². The molecule has 0 aliphatic rings. The van der Waals surface area contributed by atoms with Crippen molar-refractivity contribution in [1.82, 2.24) is 4.31 Å². The Morgan fingerprint density at radius 3 is 2.47 bits per heavy atom. The highest BCUT2D eigenvalue weighted by molar-refractivity contribution is 9.09. The van der Waals surface area contributed by atoms with Crippen molar-refractivity contribution in [1.29, 1.82) is 0 Å². The molecule has 0 saturated carbocycles. The highest BCUT2D eigenvalue weighted by Crippen LogP contribution is 2.19. The third kappa shape index (κ3) is 3.53. The number of rotatable bonds is 5. The van der Waals surface area contributed by atoms with Gasteiger partial charge in [-0.05, 0) is 38.5 Å². The van der Waals surface area contributed by atoms with Crippen LogP contribution in [0.3, 0.4) is 0 Å². The van der Waals surface area contributed by atoms with Crippen molar-refractivity contribution in [2.75, 3.05) is 11.9 Å². The van der Waals surface area contributed by atoms with Crippen LogP contribution in [0.15, 0.2) is 29.2 Å². The smallest absolute Gasteiger partial charge is 0.207 e. The van der Waals surface area contributed by atoms with Crippen molar-refractivity contribution in [3.8, 4) is 0 Å². The zero-order chi connectivity index (χ0) is 13.1. The Morgan fingerprint density at radius 1 is 1.35 bits per heavy atom. The molecule has 0 N–H and O–H groups in total. The summed E-state index contributed by atoms with van der Waals surface area (Å²) >= 11 is 3.29. The molecule has 1 aromatic carbocycles. The molecule has 3 nitrogen and oxygen atoms in total. The minimum atomic E-state index is -3.38. The average molecular weight is 320 g/mol. The third-order valence-electron chi connectivity index (χ3n) is 2.48. The van der Waals surface area contributed by atoms with Crippen LogP contribution in [0.5, 0.6) is 0 Å². The molecular weight excluding hydrogens is 302 g/mol. The Bertz CT molecular complexity index is 471. The van der Waals surface area contributed by atoms with E-state index in [0.29, 0.717) is 16.8 Å². The van der Waals surface area contributed by atoms with Crippen LogP contribution >= 0.6 is 15.9 Å². The topological polar surface area (TPSA) is 37.4 Å². The molecule has 0 fully saturated rings.